The van der Waals surface area contributed by atoms with E-state index in [1.54, 1.807) is 0 Å². The van der Waals surface area contributed by atoms with Gasteiger partial charge in [-0.15, -0.1) is 45.3 Å². The minimum atomic E-state index is -0.619. The van der Waals surface area contributed by atoms with E-state index >= 15 is 0 Å². The van der Waals surface area contributed by atoms with Gasteiger partial charge in [0.15, 0.2) is 0 Å². The quantitative estimate of drug-likeness (QED) is 0.159. The van der Waals surface area contributed by atoms with E-state index < -0.39 is 10.8 Å². The highest BCUT2D eigenvalue weighted by molar-refractivity contribution is 7.25. The molecule has 5 heterocycles. The van der Waals surface area contributed by atoms with Gasteiger partial charge in [0.2, 0.25) is 0 Å². The predicted octanol–water partition coefficient (Wildman–Crippen LogP) is 18.7. The van der Waals surface area contributed by atoms with Crippen molar-refractivity contribution in [1.82, 2.24) is 8.75 Å². The first-order valence-electron chi connectivity index (χ1n) is 24.2. The third-order valence-electron chi connectivity index (χ3n) is 15.3. The normalized spacial score (nSPS) is 14.0. The van der Waals surface area contributed by atoms with Crippen LogP contribution in [0.25, 0.3) is 73.3 Å². The Balaban J connectivity index is 1.07. The summed E-state index contributed by atoms with van der Waals surface area (Å²) in [7, 11) is 0. The van der Waals surface area contributed by atoms with Gasteiger partial charge in [0.25, 0.3) is 0 Å². The van der Waals surface area contributed by atoms with Crippen LogP contribution in [-0.2, 0) is 10.8 Å². The molecule has 0 fully saturated rings. The monoisotopic (exact) mass is 1000 g/mol. The second-order valence-corrected chi connectivity index (χ2v) is 24.9. The zero-order valence-corrected chi connectivity index (χ0v) is 44.2. The number of hydrogen-bond donors (Lipinski definition) is 0. The van der Waals surface area contributed by atoms with Crippen molar-refractivity contribution in [2.75, 3.05) is 0 Å². The smallest absolute Gasteiger partial charge is 0.114 e. The van der Waals surface area contributed by atoms with Crippen LogP contribution in [0.1, 0.15) is 76.5 Å². The number of hydrogen-bond acceptors (Lipinski definition) is 7. The molecule has 342 valence electrons. The molecule has 0 unspecified atom stereocenters. The molecule has 0 saturated heterocycles. The van der Waals surface area contributed by atoms with Crippen LogP contribution in [0.3, 0.4) is 0 Å². The van der Waals surface area contributed by atoms with E-state index in [1.807, 2.05) is 45.3 Å². The van der Waals surface area contributed by atoms with Crippen LogP contribution in [0.5, 0.6) is 0 Å². The van der Waals surface area contributed by atoms with Crippen LogP contribution in [0.15, 0.2) is 170 Å². The second kappa shape index (κ2) is 16.0. The minimum Gasteiger partial charge on any atom is -0.172 e. The molecule has 0 spiro atoms. The largest absolute Gasteiger partial charge is 0.172 e. The highest BCUT2D eigenvalue weighted by Crippen LogP contribution is 2.64. The molecular formula is C64H46N2S5. The van der Waals surface area contributed by atoms with Crippen LogP contribution in [0.4, 0.5) is 0 Å². The van der Waals surface area contributed by atoms with Crippen molar-refractivity contribution in [2.24, 2.45) is 0 Å². The van der Waals surface area contributed by atoms with Gasteiger partial charge in [0, 0.05) is 61.3 Å². The van der Waals surface area contributed by atoms with Crippen LogP contribution in [0.2, 0.25) is 0 Å². The summed E-state index contributed by atoms with van der Waals surface area (Å²) in [5.74, 6) is 0. The number of aryl methyl sites for hydroxylation is 6. The van der Waals surface area contributed by atoms with Gasteiger partial charge in [0.05, 0.1) is 22.6 Å². The Bertz CT molecular complexity index is 4010. The number of aromatic nitrogens is 2. The number of thiophene rings is 4. The lowest BCUT2D eigenvalue weighted by Crippen LogP contribution is -2.35. The zero-order valence-electron chi connectivity index (χ0n) is 40.1. The maximum Gasteiger partial charge on any atom is 0.114 e. The van der Waals surface area contributed by atoms with Gasteiger partial charge >= 0.3 is 0 Å². The molecule has 0 atom stereocenters. The lowest BCUT2D eigenvalue weighted by molar-refractivity contribution is 0.743. The van der Waals surface area contributed by atoms with E-state index in [0.717, 1.165) is 22.2 Å². The van der Waals surface area contributed by atoms with Crippen molar-refractivity contribution in [3.05, 3.63) is 246 Å². The van der Waals surface area contributed by atoms with Crippen molar-refractivity contribution in [1.29, 1.82) is 0 Å². The molecule has 0 aliphatic heterocycles. The molecule has 7 aromatic carbocycles. The molecule has 5 aromatic heterocycles. The van der Waals surface area contributed by atoms with E-state index in [1.165, 1.54) is 139 Å². The molecule has 14 rings (SSSR count). The molecule has 0 amide bonds. The topological polar surface area (TPSA) is 25.8 Å². The molecule has 2 nitrogen and oxygen atoms in total. The van der Waals surface area contributed by atoms with Crippen molar-refractivity contribution >= 4 is 78.9 Å². The molecule has 7 heteroatoms. The third kappa shape index (κ3) is 6.20. The summed E-state index contributed by atoms with van der Waals surface area (Å²) in [6.45, 7) is 13.3. The average Bonchev–Trinajstić information content (AvgIpc) is 4.26. The standard InChI is InChI=1S/C64H46N2S5/c1-35-7-16-41(17-8-35)63(42-18-9-36(2)10-19-42)49-29-27-48-58-50(28-26-47(57(49)58)61-51(63)33-40(6)68-61)64(43-20-11-37(3)12-21-43,44-22-13-38(4)14-23-44)52-34-56(70-62(48)52)55-32-31-54(69-55)46-25-24-45(53-30-15-39(5)67-53)59-60(46)66-71-65-59/h7-34H,1-6H3. The summed E-state index contributed by atoms with van der Waals surface area (Å²) < 4.78 is 9.76. The summed E-state index contributed by atoms with van der Waals surface area (Å²) in [6, 6.07) is 66.2. The number of benzene rings is 7. The maximum absolute atomic E-state index is 4.91. The van der Waals surface area contributed by atoms with E-state index in [-0.39, 0.29) is 0 Å². The van der Waals surface area contributed by atoms with Crippen LogP contribution in [0, 0.1) is 41.5 Å². The van der Waals surface area contributed by atoms with Gasteiger partial charge in [-0.2, -0.15) is 8.75 Å². The average molecular weight is 1000 g/mol. The van der Waals surface area contributed by atoms with Gasteiger partial charge in [-0.05, 0) is 133 Å². The highest BCUT2D eigenvalue weighted by atomic mass is 32.1. The number of nitrogens with zero attached hydrogens (tertiary/aromatic N) is 2. The Hall–Kier alpha value is -6.58. The summed E-state index contributed by atoms with van der Waals surface area (Å²) in [4.78, 5) is 10.3. The molecule has 12 aromatic rings. The Kier molecular flexibility index (Phi) is 9.72. The molecular weight excluding hydrogens is 957 g/mol. The fourth-order valence-corrected chi connectivity index (χ4v) is 17.0. The van der Waals surface area contributed by atoms with Crippen molar-refractivity contribution in [3.8, 4) is 51.5 Å². The van der Waals surface area contributed by atoms with Crippen molar-refractivity contribution in [3.63, 3.8) is 0 Å². The van der Waals surface area contributed by atoms with Gasteiger partial charge in [0.1, 0.15) is 11.0 Å². The molecule has 0 bridgehead atoms. The first kappa shape index (κ1) is 43.2. The predicted molar refractivity (Wildman–Crippen MR) is 306 cm³/mol. The fraction of sp³-hybridized carbons (Fsp3) is 0.125. The number of rotatable bonds is 7. The summed E-state index contributed by atoms with van der Waals surface area (Å²) in [6.07, 6.45) is 0. The molecule has 0 saturated carbocycles. The highest BCUT2D eigenvalue weighted by Gasteiger charge is 2.50. The van der Waals surface area contributed by atoms with Gasteiger partial charge in [-0.1, -0.05) is 156 Å². The molecule has 0 N–H and O–H groups in total. The van der Waals surface area contributed by atoms with Crippen molar-refractivity contribution in [2.45, 2.75) is 52.4 Å². The molecule has 0 radical (unpaired) electrons. The lowest BCUT2D eigenvalue weighted by Gasteiger charge is -2.44. The first-order valence-corrected chi connectivity index (χ1v) is 28.2. The van der Waals surface area contributed by atoms with E-state index in [2.05, 4.69) is 211 Å². The lowest BCUT2D eigenvalue weighted by atomic mass is 9.57. The Labute approximate surface area is 434 Å². The van der Waals surface area contributed by atoms with E-state index in [4.69, 9.17) is 8.75 Å². The van der Waals surface area contributed by atoms with E-state index in [0.29, 0.717) is 0 Å². The fourth-order valence-electron chi connectivity index (χ4n) is 12.0. The molecule has 71 heavy (non-hydrogen) atoms. The Morgan fingerprint density at radius 2 is 0.718 bits per heavy atom. The van der Waals surface area contributed by atoms with Crippen LogP contribution >= 0.6 is 57.1 Å². The number of fused-ring (bicyclic) bond motifs is 5. The zero-order chi connectivity index (χ0) is 47.9. The summed E-state index contributed by atoms with van der Waals surface area (Å²) in [5, 5.41) is 2.72. The van der Waals surface area contributed by atoms with E-state index in [9.17, 15) is 0 Å². The SMILES string of the molecule is Cc1ccc(C2(c3ccc(C)cc3)c3cc(C)sc3-c3ccc4c5c(ccc2c35)-c2sc(-c3ccc(-c5ccc(-c6ccc(C)s6)c6nsnc56)s3)cc2C4(c2ccc(C)cc2)c2ccc(C)cc2)cc1. The first-order chi connectivity index (χ1) is 34.6. The van der Waals surface area contributed by atoms with Crippen LogP contribution in [-0.4, -0.2) is 8.75 Å². The van der Waals surface area contributed by atoms with Crippen LogP contribution < -0.4 is 0 Å². The Morgan fingerprint density at radius 1 is 0.310 bits per heavy atom. The second-order valence-electron chi connectivity index (χ2n) is 19.7. The van der Waals surface area contributed by atoms with Crippen molar-refractivity contribution < 1.29 is 0 Å². The Morgan fingerprint density at radius 3 is 1.18 bits per heavy atom. The minimum absolute atomic E-state index is 0.546. The van der Waals surface area contributed by atoms with Gasteiger partial charge in [-0.3, -0.25) is 0 Å². The van der Waals surface area contributed by atoms with Gasteiger partial charge < -0.3 is 0 Å². The third-order valence-corrected chi connectivity index (χ3v) is 20.5. The molecule has 2 aliphatic rings. The maximum atomic E-state index is 4.91. The summed E-state index contributed by atoms with van der Waals surface area (Å²) in [5.41, 5.74) is 21.3. The molecule has 2 aliphatic carbocycles. The van der Waals surface area contributed by atoms with Gasteiger partial charge in [-0.25, -0.2) is 0 Å². The summed E-state index contributed by atoms with van der Waals surface area (Å²) >= 11 is 8.87.